The molecule has 0 radical (unpaired) electrons. The fourth-order valence-electron chi connectivity index (χ4n) is 2.21. The van der Waals surface area contributed by atoms with Crippen molar-refractivity contribution in [1.29, 1.82) is 0 Å². The molecule has 3 nitrogen and oxygen atoms in total. The lowest BCUT2D eigenvalue weighted by Crippen LogP contribution is -2.36. The molecule has 3 heteroatoms. The van der Waals surface area contributed by atoms with Gasteiger partial charge < -0.3 is 9.74 Å². The fraction of sp³-hybridized carbons (Fsp3) is 0.455. The molecule has 0 aliphatic carbocycles. The number of hydrogen-bond donors (Lipinski definition) is 1. The first-order chi connectivity index (χ1) is 6.86. The third-order valence-electron chi connectivity index (χ3n) is 2.83. The third-order valence-corrected chi connectivity index (χ3v) is 2.83. The van der Waals surface area contributed by atoms with Crippen molar-refractivity contribution in [2.24, 2.45) is 5.90 Å². The molecule has 0 amide bonds. The van der Waals surface area contributed by atoms with Crippen LogP contribution in [-0.2, 0) is 11.3 Å². The topological polar surface area (TPSA) is 38.5 Å². The molecule has 76 valence electrons. The van der Waals surface area contributed by atoms with Crippen LogP contribution in [0.5, 0.6) is 0 Å². The van der Waals surface area contributed by atoms with Gasteiger partial charge in [-0.25, -0.2) is 5.90 Å². The number of hydrogen-bond acceptors (Lipinski definition) is 3. The number of benzene rings is 1. The lowest BCUT2D eigenvalue weighted by molar-refractivity contribution is 0.123. The van der Waals surface area contributed by atoms with Crippen molar-refractivity contribution in [2.45, 2.75) is 19.4 Å². The number of rotatable bonds is 3. The van der Waals surface area contributed by atoms with E-state index in [2.05, 4.69) is 36.1 Å². The molecule has 1 heterocycles. The number of para-hydroxylation sites is 1. The zero-order chi connectivity index (χ0) is 9.97. The normalized spacial score (nSPS) is 19.9. The SMILES string of the molecule is CCN1c2ccccc2CC1CON. The van der Waals surface area contributed by atoms with Crippen LogP contribution in [0.1, 0.15) is 12.5 Å². The highest BCUT2D eigenvalue weighted by Gasteiger charge is 2.27. The molecule has 0 saturated carbocycles. The summed E-state index contributed by atoms with van der Waals surface area (Å²) in [5, 5.41) is 0. The second-order valence-corrected chi connectivity index (χ2v) is 3.61. The molecule has 0 aromatic heterocycles. The van der Waals surface area contributed by atoms with Gasteiger partial charge in [-0.05, 0) is 25.0 Å². The van der Waals surface area contributed by atoms with Crippen molar-refractivity contribution >= 4 is 5.69 Å². The summed E-state index contributed by atoms with van der Waals surface area (Å²) in [5.41, 5.74) is 2.73. The van der Waals surface area contributed by atoms with Gasteiger partial charge in [-0.1, -0.05) is 18.2 Å². The Morgan fingerprint density at radius 2 is 2.29 bits per heavy atom. The molecule has 14 heavy (non-hydrogen) atoms. The molecular weight excluding hydrogens is 176 g/mol. The van der Waals surface area contributed by atoms with Gasteiger partial charge in [0.2, 0.25) is 0 Å². The van der Waals surface area contributed by atoms with Crippen LogP contribution in [0.15, 0.2) is 24.3 Å². The van der Waals surface area contributed by atoms with Crippen molar-refractivity contribution in [3.05, 3.63) is 29.8 Å². The lowest BCUT2D eigenvalue weighted by atomic mass is 10.1. The number of nitrogens with zero attached hydrogens (tertiary/aromatic N) is 1. The standard InChI is InChI=1S/C11H16N2O/c1-2-13-10(8-14-12)7-9-5-3-4-6-11(9)13/h3-6,10H,2,7-8,12H2,1H3. The molecule has 1 aliphatic rings. The summed E-state index contributed by atoms with van der Waals surface area (Å²) in [6.45, 7) is 3.76. The Kier molecular flexibility index (Phi) is 2.70. The van der Waals surface area contributed by atoms with E-state index in [4.69, 9.17) is 10.7 Å². The summed E-state index contributed by atoms with van der Waals surface area (Å²) >= 11 is 0. The average Bonchev–Trinajstić information content (AvgIpc) is 2.55. The molecule has 0 fully saturated rings. The van der Waals surface area contributed by atoms with Crippen LogP contribution in [0.25, 0.3) is 0 Å². The summed E-state index contributed by atoms with van der Waals surface area (Å²) in [6, 6.07) is 8.90. The Morgan fingerprint density at radius 1 is 1.50 bits per heavy atom. The zero-order valence-corrected chi connectivity index (χ0v) is 8.44. The molecule has 1 aromatic carbocycles. The second-order valence-electron chi connectivity index (χ2n) is 3.61. The maximum atomic E-state index is 5.13. The van der Waals surface area contributed by atoms with E-state index in [-0.39, 0.29) is 0 Å². The fourth-order valence-corrected chi connectivity index (χ4v) is 2.21. The van der Waals surface area contributed by atoms with Crippen molar-refractivity contribution in [3.63, 3.8) is 0 Å². The van der Waals surface area contributed by atoms with Crippen LogP contribution < -0.4 is 10.8 Å². The van der Waals surface area contributed by atoms with Crippen LogP contribution >= 0.6 is 0 Å². The average molecular weight is 192 g/mol. The first kappa shape index (κ1) is 9.49. The summed E-state index contributed by atoms with van der Waals surface area (Å²) < 4.78 is 0. The monoisotopic (exact) mass is 192 g/mol. The minimum atomic E-state index is 0.405. The number of fused-ring (bicyclic) bond motifs is 1. The van der Waals surface area contributed by atoms with E-state index < -0.39 is 0 Å². The summed E-state index contributed by atoms with van der Waals surface area (Å²) in [6.07, 6.45) is 1.04. The van der Waals surface area contributed by atoms with Crippen LogP contribution in [0.4, 0.5) is 5.69 Å². The smallest absolute Gasteiger partial charge is 0.0885 e. The van der Waals surface area contributed by atoms with Crippen molar-refractivity contribution in [2.75, 3.05) is 18.1 Å². The molecule has 2 rings (SSSR count). The van der Waals surface area contributed by atoms with Crippen molar-refractivity contribution in [1.82, 2.24) is 0 Å². The van der Waals surface area contributed by atoms with Crippen LogP contribution in [0.3, 0.4) is 0 Å². The van der Waals surface area contributed by atoms with E-state index in [9.17, 15) is 0 Å². The van der Waals surface area contributed by atoms with Gasteiger partial charge in [0.25, 0.3) is 0 Å². The summed E-state index contributed by atoms with van der Waals surface area (Å²) in [5.74, 6) is 5.13. The van der Waals surface area contributed by atoms with E-state index in [1.165, 1.54) is 11.3 Å². The molecule has 0 spiro atoms. The van der Waals surface area contributed by atoms with E-state index in [1.807, 2.05) is 0 Å². The summed E-state index contributed by atoms with van der Waals surface area (Å²) in [7, 11) is 0. The van der Waals surface area contributed by atoms with E-state index >= 15 is 0 Å². The highest BCUT2D eigenvalue weighted by Crippen LogP contribution is 2.31. The first-order valence-electron chi connectivity index (χ1n) is 5.03. The first-order valence-corrected chi connectivity index (χ1v) is 5.03. The highest BCUT2D eigenvalue weighted by atomic mass is 16.6. The van der Waals surface area contributed by atoms with Gasteiger partial charge in [-0.2, -0.15) is 0 Å². The quantitative estimate of drug-likeness (QED) is 0.734. The molecule has 0 saturated heterocycles. The molecule has 1 aromatic rings. The summed E-state index contributed by atoms with van der Waals surface area (Å²) in [4.78, 5) is 7.10. The molecule has 1 aliphatic heterocycles. The number of anilines is 1. The van der Waals surface area contributed by atoms with E-state index in [0.717, 1.165) is 13.0 Å². The maximum Gasteiger partial charge on any atom is 0.0885 e. The maximum absolute atomic E-state index is 5.13. The van der Waals surface area contributed by atoms with E-state index in [0.29, 0.717) is 12.6 Å². The lowest BCUT2D eigenvalue weighted by Gasteiger charge is -2.24. The number of nitrogens with two attached hydrogens (primary N) is 1. The molecule has 2 N–H and O–H groups in total. The Balaban J connectivity index is 2.24. The molecular formula is C11H16N2O. The Morgan fingerprint density at radius 3 is 3.00 bits per heavy atom. The van der Waals surface area contributed by atoms with Crippen molar-refractivity contribution in [3.8, 4) is 0 Å². The predicted molar refractivity (Wildman–Crippen MR) is 57.1 cm³/mol. The highest BCUT2D eigenvalue weighted by molar-refractivity contribution is 5.59. The minimum Gasteiger partial charge on any atom is -0.366 e. The van der Waals surface area contributed by atoms with Crippen LogP contribution in [0.2, 0.25) is 0 Å². The van der Waals surface area contributed by atoms with Gasteiger partial charge in [-0.15, -0.1) is 0 Å². The van der Waals surface area contributed by atoms with E-state index in [1.54, 1.807) is 0 Å². The molecule has 1 unspecified atom stereocenters. The Hall–Kier alpha value is -1.06. The van der Waals surface area contributed by atoms with Crippen LogP contribution in [0, 0.1) is 0 Å². The Bertz CT molecular complexity index is 314. The van der Waals surface area contributed by atoms with Gasteiger partial charge in [0.1, 0.15) is 0 Å². The van der Waals surface area contributed by atoms with Crippen molar-refractivity contribution < 1.29 is 4.84 Å². The molecule has 0 bridgehead atoms. The third kappa shape index (κ3) is 1.49. The van der Waals surface area contributed by atoms with Gasteiger partial charge in [-0.3, -0.25) is 0 Å². The Labute approximate surface area is 84.4 Å². The second kappa shape index (κ2) is 3.98. The van der Waals surface area contributed by atoms with Gasteiger partial charge >= 0.3 is 0 Å². The minimum absolute atomic E-state index is 0.405. The molecule has 1 atom stereocenters. The van der Waals surface area contributed by atoms with Crippen LogP contribution in [-0.4, -0.2) is 19.2 Å². The van der Waals surface area contributed by atoms with Gasteiger partial charge in [0, 0.05) is 12.2 Å². The number of likely N-dealkylation sites (N-methyl/N-ethyl adjacent to an activating group) is 1. The van der Waals surface area contributed by atoms with Gasteiger partial charge in [0.05, 0.1) is 12.6 Å². The largest absolute Gasteiger partial charge is 0.366 e. The zero-order valence-electron chi connectivity index (χ0n) is 8.44. The predicted octanol–water partition coefficient (Wildman–Crippen LogP) is 1.33. The van der Waals surface area contributed by atoms with Gasteiger partial charge in [0.15, 0.2) is 0 Å².